The Morgan fingerprint density at radius 3 is 2.14 bits per heavy atom. The van der Waals surface area contributed by atoms with E-state index in [1.807, 2.05) is 48.2 Å². The molecule has 1 unspecified atom stereocenters. The molecule has 0 aromatic heterocycles. The summed E-state index contributed by atoms with van der Waals surface area (Å²) in [7, 11) is 1.62. The van der Waals surface area contributed by atoms with E-state index in [1.165, 1.54) is 0 Å². The largest absolute Gasteiger partial charge is 0.497 e. The number of morpholine rings is 1. The molecule has 6 nitrogen and oxygen atoms in total. The van der Waals surface area contributed by atoms with Crippen LogP contribution in [-0.2, 0) is 9.53 Å². The molecular weight excluding hydrogens is 374 g/mol. The highest BCUT2D eigenvalue weighted by molar-refractivity contribution is 7.81. The fourth-order valence-corrected chi connectivity index (χ4v) is 4.07. The number of methoxy groups -OCH3 is 1. The van der Waals surface area contributed by atoms with Crippen molar-refractivity contribution in [2.75, 3.05) is 48.1 Å². The van der Waals surface area contributed by atoms with Gasteiger partial charge in [0.05, 0.1) is 26.0 Å². The lowest BCUT2D eigenvalue weighted by atomic mass is 10.2. The van der Waals surface area contributed by atoms with Crippen LogP contribution in [0, 0.1) is 0 Å². The van der Waals surface area contributed by atoms with Gasteiger partial charge in [0.1, 0.15) is 11.8 Å². The standard InChI is InChI=1S/C21H23N3O3S/c1-15-20(25)24(18-7-9-19(26-2)10-8-18)21(28)23(15)17-5-3-16(4-6-17)22-11-13-27-14-12-22/h3-10,15H,11-14H2,1-2H3. The summed E-state index contributed by atoms with van der Waals surface area (Å²) in [4.78, 5) is 18.7. The molecule has 0 saturated carbocycles. The second-order valence-electron chi connectivity index (χ2n) is 6.82. The molecule has 0 N–H and O–H groups in total. The molecule has 2 aromatic rings. The fourth-order valence-electron chi connectivity index (χ4n) is 3.61. The van der Waals surface area contributed by atoms with Crippen LogP contribution < -0.4 is 19.4 Å². The van der Waals surface area contributed by atoms with Gasteiger partial charge in [-0.05, 0) is 67.7 Å². The molecular formula is C21H23N3O3S. The second-order valence-corrected chi connectivity index (χ2v) is 7.18. The third-order valence-electron chi connectivity index (χ3n) is 5.20. The van der Waals surface area contributed by atoms with Gasteiger partial charge in [-0.15, -0.1) is 0 Å². The first-order valence-corrected chi connectivity index (χ1v) is 9.75. The van der Waals surface area contributed by atoms with E-state index in [0.717, 1.165) is 49.1 Å². The maximum atomic E-state index is 12.9. The average Bonchev–Trinajstić information content (AvgIpc) is 2.97. The van der Waals surface area contributed by atoms with Crippen molar-refractivity contribution in [3.63, 3.8) is 0 Å². The minimum atomic E-state index is -0.358. The molecule has 0 spiro atoms. The molecule has 28 heavy (non-hydrogen) atoms. The summed E-state index contributed by atoms with van der Waals surface area (Å²) >= 11 is 5.67. The van der Waals surface area contributed by atoms with Crippen LogP contribution in [0.4, 0.5) is 17.1 Å². The molecule has 0 aliphatic carbocycles. The Balaban J connectivity index is 1.57. The molecule has 2 heterocycles. The van der Waals surface area contributed by atoms with Crippen molar-refractivity contribution in [1.29, 1.82) is 0 Å². The lowest BCUT2D eigenvalue weighted by Gasteiger charge is -2.29. The Morgan fingerprint density at radius 1 is 0.964 bits per heavy atom. The summed E-state index contributed by atoms with van der Waals surface area (Å²) in [6, 6.07) is 15.2. The summed E-state index contributed by atoms with van der Waals surface area (Å²) in [6.45, 7) is 5.16. The smallest absolute Gasteiger partial charge is 0.256 e. The van der Waals surface area contributed by atoms with Gasteiger partial charge in [0.2, 0.25) is 0 Å². The zero-order valence-electron chi connectivity index (χ0n) is 16.0. The van der Waals surface area contributed by atoms with E-state index >= 15 is 0 Å². The molecule has 146 valence electrons. The van der Waals surface area contributed by atoms with Gasteiger partial charge in [-0.3, -0.25) is 9.69 Å². The molecule has 0 radical (unpaired) electrons. The normalized spacial score (nSPS) is 20.1. The predicted molar refractivity (Wildman–Crippen MR) is 114 cm³/mol. The number of hydrogen-bond donors (Lipinski definition) is 0. The molecule has 2 aliphatic rings. The van der Waals surface area contributed by atoms with Crippen molar-refractivity contribution in [1.82, 2.24) is 0 Å². The van der Waals surface area contributed by atoms with Crippen molar-refractivity contribution >= 4 is 40.3 Å². The third kappa shape index (κ3) is 3.31. The van der Waals surface area contributed by atoms with E-state index in [9.17, 15) is 4.79 Å². The summed E-state index contributed by atoms with van der Waals surface area (Å²) < 4.78 is 10.6. The Labute approximate surface area is 170 Å². The van der Waals surface area contributed by atoms with Gasteiger partial charge in [-0.1, -0.05) is 0 Å². The van der Waals surface area contributed by atoms with Crippen molar-refractivity contribution in [2.45, 2.75) is 13.0 Å². The molecule has 7 heteroatoms. The Morgan fingerprint density at radius 2 is 1.54 bits per heavy atom. The predicted octanol–water partition coefficient (Wildman–Crippen LogP) is 3.06. The average molecular weight is 398 g/mol. The topological polar surface area (TPSA) is 45.2 Å². The lowest BCUT2D eigenvalue weighted by Crippen LogP contribution is -2.36. The second kappa shape index (κ2) is 7.77. The molecule has 2 saturated heterocycles. The van der Waals surface area contributed by atoms with Crippen LogP contribution in [0.2, 0.25) is 0 Å². The van der Waals surface area contributed by atoms with E-state index in [2.05, 4.69) is 17.0 Å². The van der Waals surface area contributed by atoms with Crippen LogP contribution in [-0.4, -0.2) is 50.5 Å². The summed E-state index contributed by atoms with van der Waals surface area (Å²) in [5.74, 6) is 0.706. The maximum absolute atomic E-state index is 12.9. The first kappa shape index (κ1) is 18.7. The van der Waals surface area contributed by atoms with Gasteiger partial charge in [0.25, 0.3) is 5.91 Å². The molecule has 4 rings (SSSR count). The fraction of sp³-hybridized carbons (Fsp3) is 0.333. The van der Waals surface area contributed by atoms with Crippen LogP contribution in [0.5, 0.6) is 5.75 Å². The molecule has 2 aliphatic heterocycles. The highest BCUT2D eigenvalue weighted by atomic mass is 32.1. The molecule has 0 bridgehead atoms. The summed E-state index contributed by atoms with van der Waals surface area (Å²) in [5.41, 5.74) is 2.82. The Kier molecular flexibility index (Phi) is 5.19. The number of anilines is 3. The van der Waals surface area contributed by atoms with Crippen LogP contribution in [0.25, 0.3) is 0 Å². The van der Waals surface area contributed by atoms with E-state index in [-0.39, 0.29) is 11.9 Å². The van der Waals surface area contributed by atoms with Crippen molar-refractivity contribution < 1.29 is 14.3 Å². The van der Waals surface area contributed by atoms with Gasteiger partial charge in [-0.2, -0.15) is 0 Å². The van der Waals surface area contributed by atoms with E-state index in [0.29, 0.717) is 5.11 Å². The maximum Gasteiger partial charge on any atom is 0.256 e. The zero-order chi connectivity index (χ0) is 19.7. The van der Waals surface area contributed by atoms with Gasteiger partial charge in [-0.25, -0.2) is 0 Å². The van der Waals surface area contributed by atoms with Crippen LogP contribution in [0.15, 0.2) is 48.5 Å². The van der Waals surface area contributed by atoms with Gasteiger partial charge in [0.15, 0.2) is 5.11 Å². The number of carbonyl (C=O) groups excluding carboxylic acids is 1. The van der Waals surface area contributed by atoms with Crippen molar-refractivity contribution in [3.8, 4) is 5.75 Å². The SMILES string of the molecule is COc1ccc(N2C(=O)C(C)N(c3ccc(N4CCOCC4)cc3)C2=S)cc1. The van der Waals surface area contributed by atoms with Crippen molar-refractivity contribution in [3.05, 3.63) is 48.5 Å². The van der Waals surface area contributed by atoms with Crippen LogP contribution in [0.1, 0.15) is 6.92 Å². The first-order valence-electron chi connectivity index (χ1n) is 9.34. The number of hydrogen-bond acceptors (Lipinski definition) is 5. The van der Waals surface area contributed by atoms with Crippen molar-refractivity contribution in [2.24, 2.45) is 0 Å². The third-order valence-corrected chi connectivity index (χ3v) is 5.58. The Bertz CT molecular complexity index is 863. The number of rotatable bonds is 4. The minimum Gasteiger partial charge on any atom is -0.497 e. The highest BCUT2D eigenvalue weighted by Gasteiger charge is 2.41. The molecule has 2 fully saturated rings. The highest BCUT2D eigenvalue weighted by Crippen LogP contribution is 2.32. The zero-order valence-corrected chi connectivity index (χ0v) is 16.8. The summed E-state index contributed by atoms with van der Waals surface area (Å²) in [5, 5.41) is 0.488. The molecule has 1 atom stereocenters. The quantitative estimate of drug-likeness (QED) is 0.739. The van der Waals surface area contributed by atoms with E-state index in [1.54, 1.807) is 12.0 Å². The van der Waals surface area contributed by atoms with Gasteiger partial charge < -0.3 is 19.3 Å². The molecule has 2 aromatic carbocycles. The number of benzene rings is 2. The van der Waals surface area contributed by atoms with Gasteiger partial charge >= 0.3 is 0 Å². The van der Waals surface area contributed by atoms with Gasteiger partial charge in [0, 0.05) is 24.5 Å². The number of amides is 1. The van der Waals surface area contributed by atoms with Crippen LogP contribution in [0.3, 0.4) is 0 Å². The minimum absolute atomic E-state index is 0.0348. The van der Waals surface area contributed by atoms with E-state index < -0.39 is 0 Å². The Hall–Kier alpha value is -2.64. The first-order chi connectivity index (χ1) is 13.6. The number of nitrogens with zero attached hydrogens (tertiary/aromatic N) is 3. The number of thiocarbonyl (C=S) groups is 1. The van der Waals surface area contributed by atoms with Crippen LogP contribution >= 0.6 is 12.2 Å². The number of carbonyl (C=O) groups is 1. The number of ether oxygens (including phenoxy) is 2. The summed E-state index contributed by atoms with van der Waals surface area (Å²) in [6.07, 6.45) is 0. The lowest BCUT2D eigenvalue weighted by molar-refractivity contribution is -0.117. The van der Waals surface area contributed by atoms with E-state index in [4.69, 9.17) is 21.7 Å². The molecule has 1 amide bonds. The monoisotopic (exact) mass is 397 g/mol.